The van der Waals surface area contributed by atoms with Crippen LogP contribution in [0.1, 0.15) is 12.0 Å². The van der Waals surface area contributed by atoms with Gasteiger partial charge in [-0.1, -0.05) is 11.6 Å². The molecule has 2 heterocycles. The zero-order valence-corrected chi connectivity index (χ0v) is 10.6. The van der Waals surface area contributed by atoms with Crippen LogP contribution in [-0.2, 0) is 11.2 Å². The molecule has 2 rings (SSSR count). The molecule has 0 aliphatic heterocycles. The van der Waals surface area contributed by atoms with E-state index in [0.29, 0.717) is 17.3 Å². The molecule has 17 heavy (non-hydrogen) atoms. The Bertz CT molecular complexity index is 482. The summed E-state index contributed by atoms with van der Waals surface area (Å²) in [4.78, 5) is 15.6. The molecule has 0 radical (unpaired) electrons. The van der Waals surface area contributed by atoms with E-state index in [1.807, 2.05) is 16.8 Å². The number of aromatic nitrogens is 1. The van der Waals surface area contributed by atoms with E-state index in [9.17, 15) is 4.79 Å². The summed E-state index contributed by atoms with van der Waals surface area (Å²) in [5.74, 6) is 0.496. The molecular formula is C12H11ClN2OS. The van der Waals surface area contributed by atoms with Crippen LogP contribution >= 0.6 is 22.9 Å². The van der Waals surface area contributed by atoms with Gasteiger partial charge in [0.2, 0.25) is 5.91 Å². The number of amides is 1. The minimum absolute atomic E-state index is 0.0361. The zero-order valence-electron chi connectivity index (χ0n) is 9.02. The molecule has 1 N–H and O–H groups in total. The molecule has 0 fully saturated rings. The summed E-state index contributed by atoms with van der Waals surface area (Å²) in [5.41, 5.74) is 1.19. The smallest absolute Gasteiger partial charge is 0.225 e. The van der Waals surface area contributed by atoms with Gasteiger partial charge in [-0.15, -0.1) is 0 Å². The van der Waals surface area contributed by atoms with Gasteiger partial charge in [0.1, 0.15) is 5.82 Å². The molecule has 0 spiro atoms. The van der Waals surface area contributed by atoms with Crippen molar-refractivity contribution in [2.24, 2.45) is 0 Å². The van der Waals surface area contributed by atoms with E-state index < -0.39 is 0 Å². The van der Waals surface area contributed by atoms with Gasteiger partial charge in [-0.05, 0) is 40.9 Å². The normalized spacial score (nSPS) is 10.2. The second kappa shape index (κ2) is 5.80. The molecule has 0 saturated heterocycles. The summed E-state index contributed by atoms with van der Waals surface area (Å²) in [6.45, 7) is 0. The first-order valence-electron chi connectivity index (χ1n) is 5.16. The maximum Gasteiger partial charge on any atom is 0.225 e. The Kier molecular flexibility index (Phi) is 4.12. The predicted octanol–water partition coefficient (Wildman–Crippen LogP) is 3.37. The maximum atomic E-state index is 11.6. The molecule has 3 nitrogen and oxygen atoms in total. The lowest BCUT2D eigenvalue weighted by atomic mass is 10.2. The number of anilines is 1. The third-order valence-corrected chi connectivity index (χ3v) is 3.17. The minimum atomic E-state index is -0.0361. The third kappa shape index (κ3) is 3.84. The number of pyridine rings is 1. The van der Waals surface area contributed by atoms with Crippen molar-refractivity contribution in [3.63, 3.8) is 0 Å². The average molecular weight is 267 g/mol. The van der Waals surface area contributed by atoms with Crippen LogP contribution in [0, 0.1) is 0 Å². The van der Waals surface area contributed by atoms with Gasteiger partial charge in [0.25, 0.3) is 0 Å². The van der Waals surface area contributed by atoms with Crippen LogP contribution in [0.4, 0.5) is 5.82 Å². The number of hydrogen-bond donors (Lipinski definition) is 1. The number of aryl methyl sites for hydroxylation is 1. The Morgan fingerprint density at radius 1 is 1.41 bits per heavy atom. The third-order valence-electron chi connectivity index (χ3n) is 2.22. The summed E-state index contributed by atoms with van der Waals surface area (Å²) in [6.07, 6.45) is 2.72. The number of halogens is 1. The van der Waals surface area contributed by atoms with Gasteiger partial charge in [-0.25, -0.2) is 4.98 Å². The highest BCUT2D eigenvalue weighted by atomic mass is 35.5. The summed E-state index contributed by atoms with van der Waals surface area (Å²) >= 11 is 7.34. The molecule has 0 unspecified atom stereocenters. The molecule has 0 aliphatic carbocycles. The molecular weight excluding hydrogens is 256 g/mol. The molecule has 2 aromatic rings. The lowest BCUT2D eigenvalue weighted by Gasteiger charge is -2.03. The highest BCUT2D eigenvalue weighted by molar-refractivity contribution is 7.07. The highest BCUT2D eigenvalue weighted by Gasteiger charge is 2.04. The van der Waals surface area contributed by atoms with Gasteiger partial charge < -0.3 is 5.32 Å². The summed E-state index contributed by atoms with van der Waals surface area (Å²) < 4.78 is 0. The fraction of sp³-hybridized carbons (Fsp3) is 0.167. The van der Waals surface area contributed by atoms with E-state index in [0.717, 1.165) is 6.42 Å². The molecule has 1 amide bonds. The molecule has 0 atom stereocenters. The zero-order chi connectivity index (χ0) is 12.1. The van der Waals surface area contributed by atoms with Crippen LogP contribution in [0.15, 0.2) is 35.2 Å². The molecule has 88 valence electrons. The maximum absolute atomic E-state index is 11.6. The first kappa shape index (κ1) is 12.1. The molecule has 0 aromatic carbocycles. The van der Waals surface area contributed by atoms with Crippen molar-refractivity contribution in [2.45, 2.75) is 12.8 Å². The van der Waals surface area contributed by atoms with Crippen LogP contribution in [0.2, 0.25) is 5.02 Å². The predicted molar refractivity (Wildman–Crippen MR) is 70.5 cm³/mol. The average Bonchev–Trinajstić information content (AvgIpc) is 2.83. The Balaban J connectivity index is 1.83. The Labute approximate surface area is 108 Å². The van der Waals surface area contributed by atoms with Gasteiger partial charge in [0.15, 0.2) is 0 Å². The van der Waals surface area contributed by atoms with Crippen LogP contribution < -0.4 is 5.32 Å². The SMILES string of the molecule is O=C(CCc1ccsc1)Nc1ccc(Cl)cn1. The van der Waals surface area contributed by atoms with Crippen molar-refractivity contribution >= 4 is 34.7 Å². The van der Waals surface area contributed by atoms with E-state index in [1.165, 1.54) is 11.8 Å². The van der Waals surface area contributed by atoms with Crippen LogP contribution in [-0.4, -0.2) is 10.9 Å². The number of nitrogens with zero attached hydrogens (tertiary/aromatic N) is 1. The lowest BCUT2D eigenvalue weighted by Crippen LogP contribution is -2.13. The molecule has 0 aliphatic rings. The molecule has 0 bridgehead atoms. The number of carbonyl (C=O) groups excluding carboxylic acids is 1. The number of carbonyl (C=O) groups is 1. The van der Waals surface area contributed by atoms with E-state index in [1.54, 1.807) is 23.5 Å². The molecule has 2 aromatic heterocycles. The van der Waals surface area contributed by atoms with Gasteiger partial charge in [-0.2, -0.15) is 11.3 Å². The lowest BCUT2D eigenvalue weighted by molar-refractivity contribution is -0.116. The summed E-state index contributed by atoms with van der Waals surface area (Å²) in [7, 11) is 0. The first-order chi connectivity index (χ1) is 8.24. The van der Waals surface area contributed by atoms with Crippen molar-refractivity contribution in [1.82, 2.24) is 4.98 Å². The molecule has 5 heteroatoms. The van der Waals surface area contributed by atoms with Crippen LogP contribution in [0.3, 0.4) is 0 Å². The standard InChI is InChI=1S/C12H11ClN2OS/c13-10-2-3-11(14-7-10)15-12(16)4-1-9-5-6-17-8-9/h2-3,5-8H,1,4H2,(H,14,15,16). The van der Waals surface area contributed by atoms with Gasteiger partial charge in [-0.3, -0.25) is 4.79 Å². The van der Waals surface area contributed by atoms with Crippen molar-refractivity contribution < 1.29 is 4.79 Å². The van der Waals surface area contributed by atoms with E-state index >= 15 is 0 Å². The number of hydrogen-bond acceptors (Lipinski definition) is 3. The second-order valence-corrected chi connectivity index (χ2v) is 4.76. The van der Waals surface area contributed by atoms with E-state index in [-0.39, 0.29) is 5.91 Å². The van der Waals surface area contributed by atoms with Crippen molar-refractivity contribution in [3.8, 4) is 0 Å². The molecule has 0 saturated carbocycles. The van der Waals surface area contributed by atoms with Crippen molar-refractivity contribution in [2.75, 3.05) is 5.32 Å². The van der Waals surface area contributed by atoms with E-state index in [2.05, 4.69) is 10.3 Å². The number of nitrogens with one attached hydrogen (secondary N) is 1. The first-order valence-corrected chi connectivity index (χ1v) is 6.48. The van der Waals surface area contributed by atoms with Crippen molar-refractivity contribution in [3.05, 3.63) is 45.7 Å². The topological polar surface area (TPSA) is 42.0 Å². The second-order valence-electron chi connectivity index (χ2n) is 3.54. The van der Waals surface area contributed by atoms with Crippen LogP contribution in [0.5, 0.6) is 0 Å². The Hall–Kier alpha value is -1.39. The number of rotatable bonds is 4. The van der Waals surface area contributed by atoms with Crippen molar-refractivity contribution in [1.29, 1.82) is 0 Å². The van der Waals surface area contributed by atoms with E-state index in [4.69, 9.17) is 11.6 Å². The quantitative estimate of drug-likeness (QED) is 0.922. The fourth-order valence-corrected chi connectivity index (χ4v) is 2.16. The van der Waals surface area contributed by atoms with Crippen LogP contribution in [0.25, 0.3) is 0 Å². The largest absolute Gasteiger partial charge is 0.311 e. The number of thiophene rings is 1. The summed E-state index contributed by atoms with van der Waals surface area (Å²) in [5, 5.41) is 7.34. The fourth-order valence-electron chi connectivity index (χ4n) is 1.35. The van der Waals surface area contributed by atoms with Gasteiger partial charge in [0.05, 0.1) is 5.02 Å². The summed E-state index contributed by atoms with van der Waals surface area (Å²) in [6, 6.07) is 5.41. The Morgan fingerprint density at radius 2 is 2.29 bits per heavy atom. The Morgan fingerprint density at radius 3 is 2.94 bits per heavy atom. The highest BCUT2D eigenvalue weighted by Crippen LogP contribution is 2.11. The monoisotopic (exact) mass is 266 g/mol. The minimum Gasteiger partial charge on any atom is -0.311 e. The van der Waals surface area contributed by atoms with Gasteiger partial charge >= 0.3 is 0 Å². The van der Waals surface area contributed by atoms with Gasteiger partial charge in [0, 0.05) is 12.6 Å².